The van der Waals surface area contributed by atoms with Gasteiger partial charge in [0.05, 0.1) is 6.20 Å². The van der Waals surface area contributed by atoms with Gasteiger partial charge in [0.1, 0.15) is 11.8 Å². The average Bonchev–Trinajstić information content (AvgIpc) is 2.42. The molecular formula is C13H18N2O4. The molecule has 2 unspecified atom stereocenters. The molecule has 0 saturated carbocycles. The molecule has 1 heterocycles. The average molecular weight is 266 g/mol. The van der Waals surface area contributed by atoms with E-state index in [0.717, 1.165) is 0 Å². The molecular weight excluding hydrogens is 248 g/mol. The Kier molecular flexibility index (Phi) is 5.78. The maximum Gasteiger partial charge on any atom is 0.326 e. The molecule has 0 spiro atoms. The van der Waals surface area contributed by atoms with Gasteiger partial charge in [0.2, 0.25) is 0 Å². The van der Waals surface area contributed by atoms with Crippen LogP contribution in [0.1, 0.15) is 20.3 Å². The first kappa shape index (κ1) is 14.9. The van der Waals surface area contributed by atoms with Gasteiger partial charge in [0.25, 0.3) is 5.91 Å². The Bertz CT molecular complexity index is 422. The maximum absolute atomic E-state index is 11.6. The zero-order chi connectivity index (χ0) is 14.3. The summed E-state index contributed by atoms with van der Waals surface area (Å²) in [6.45, 7) is 3.42. The largest absolute Gasteiger partial charge is 0.482 e. The highest BCUT2D eigenvalue weighted by molar-refractivity contribution is 5.84. The van der Waals surface area contributed by atoms with E-state index < -0.39 is 17.9 Å². The van der Waals surface area contributed by atoms with Crippen LogP contribution in [0.15, 0.2) is 24.5 Å². The third kappa shape index (κ3) is 4.95. The predicted molar refractivity (Wildman–Crippen MR) is 68.8 cm³/mol. The summed E-state index contributed by atoms with van der Waals surface area (Å²) in [6.07, 6.45) is 3.74. The van der Waals surface area contributed by atoms with E-state index in [-0.39, 0.29) is 12.5 Å². The van der Waals surface area contributed by atoms with Gasteiger partial charge in [-0.25, -0.2) is 4.79 Å². The van der Waals surface area contributed by atoms with Gasteiger partial charge < -0.3 is 15.2 Å². The number of ether oxygens (including phenoxy) is 1. The summed E-state index contributed by atoms with van der Waals surface area (Å²) < 4.78 is 5.19. The topological polar surface area (TPSA) is 88.5 Å². The van der Waals surface area contributed by atoms with E-state index in [1.165, 1.54) is 6.20 Å². The summed E-state index contributed by atoms with van der Waals surface area (Å²) in [6, 6.07) is 2.46. The predicted octanol–water partition coefficient (Wildman–Crippen LogP) is 1.08. The molecule has 0 aliphatic carbocycles. The van der Waals surface area contributed by atoms with Crippen LogP contribution >= 0.6 is 0 Å². The van der Waals surface area contributed by atoms with Gasteiger partial charge in [-0.1, -0.05) is 20.3 Å². The highest BCUT2D eigenvalue weighted by atomic mass is 16.5. The minimum Gasteiger partial charge on any atom is -0.482 e. The molecule has 19 heavy (non-hydrogen) atoms. The number of rotatable bonds is 7. The molecule has 104 valence electrons. The van der Waals surface area contributed by atoms with Crippen molar-refractivity contribution < 1.29 is 19.4 Å². The first-order valence-electron chi connectivity index (χ1n) is 6.09. The smallest absolute Gasteiger partial charge is 0.326 e. The monoisotopic (exact) mass is 266 g/mol. The molecule has 6 nitrogen and oxygen atoms in total. The first-order valence-corrected chi connectivity index (χ1v) is 6.09. The van der Waals surface area contributed by atoms with Gasteiger partial charge in [-0.05, 0) is 18.1 Å². The van der Waals surface area contributed by atoms with Crippen molar-refractivity contribution in [2.45, 2.75) is 26.3 Å². The van der Waals surface area contributed by atoms with Crippen molar-refractivity contribution in [2.24, 2.45) is 5.92 Å². The van der Waals surface area contributed by atoms with Gasteiger partial charge in [-0.2, -0.15) is 0 Å². The Morgan fingerprint density at radius 2 is 2.26 bits per heavy atom. The second-order valence-corrected chi connectivity index (χ2v) is 4.25. The van der Waals surface area contributed by atoms with Crippen molar-refractivity contribution >= 4 is 11.9 Å². The van der Waals surface area contributed by atoms with Crippen molar-refractivity contribution in [3.05, 3.63) is 24.5 Å². The van der Waals surface area contributed by atoms with E-state index in [9.17, 15) is 9.59 Å². The Balaban J connectivity index is 2.47. The highest BCUT2D eigenvalue weighted by Gasteiger charge is 2.25. The fraction of sp³-hybridized carbons (Fsp3) is 0.462. The van der Waals surface area contributed by atoms with Gasteiger partial charge in [-0.3, -0.25) is 9.78 Å². The summed E-state index contributed by atoms with van der Waals surface area (Å²) in [4.78, 5) is 26.5. The van der Waals surface area contributed by atoms with E-state index in [0.29, 0.717) is 12.2 Å². The first-order chi connectivity index (χ1) is 9.04. The van der Waals surface area contributed by atoms with Crippen LogP contribution in [0.2, 0.25) is 0 Å². The summed E-state index contributed by atoms with van der Waals surface area (Å²) in [7, 11) is 0. The van der Waals surface area contributed by atoms with E-state index in [4.69, 9.17) is 9.84 Å². The van der Waals surface area contributed by atoms with Crippen molar-refractivity contribution in [2.75, 3.05) is 6.61 Å². The van der Waals surface area contributed by atoms with Crippen molar-refractivity contribution in [3.8, 4) is 5.75 Å². The third-order valence-electron chi connectivity index (χ3n) is 2.80. The summed E-state index contributed by atoms with van der Waals surface area (Å²) in [5.41, 5.74) is 0. The lowest BCUT2D eigenvalue weighted by Gasteiger charge is -2.20. The number of aliphatic carboxylic acids is 1. The molecule has 1 rings (SSSR count). The minimum atomic E-state index is -1.04. The standard InChI is InChI=1S/C13H18N2O4/c1-3-9(2)12(13(17)18)15-11(16)8-19-10-5-4-6-14-7-10/h4-7,9,12H,3,8H2,1-2H3,(H,15,16)(H,17,18). The molecule has 0 fully saturated rings. The van der Waals surface area contributed by atoms with Crippen LogP contribution in [0, 0.1) is 5.92 Å². The third-order valence-corrected chi connectivity index (χ3v) is 2.80. The Hall–Kier alpha value is -2.11. The van der Waals surface area contributed by atoms with Crippen LogP contribution in [0.25, 0.3) is 0 Å². The maximum atomic E-state index is 11.6. The zero-order valence-electron chi connectivity index (χ0n) is 11.0. The number of hydrogen-bond acceptors (Lipinski definition) is 4. The molecule has 6 heteroatoms. The number of carboxylic acid groups (broad SMARTS) is 1. The van der Waals surface area contributed by atoms with Crippen LogP contribution in [0.3, 0.4) is 0 Å². The Morgan fingerprint density at radius 3 is 2.79 bits per heavy atom. The highest BCUT2D eigenvalue weighted by Crippen LogP contribution is 2.08. The quantitative estimate of drug-likeness (QED) is 0.770. The minimum absolute atomic E-state index is 0.139. The number of nitrogens with zero attached hydrogens (tertiary/aromatic N) is 1. The number of carbonyl (C=O) groups is 2. The molecule has 1 aromatic rings. The van der Waals surface area contributed by atoms with E-state index in [2.05, 4.69) is 10.3 Å². The number of hydrogen-bond donors (Lipinski definition) is 2. The van der Waals surface area contributed by atoms with E-state index in [1.807, 2.05) is 6.92 Å². The molecule has 0 aliphatic rings. The lowest BCUT2D eigenvalue weighted by atomic mass is 9.99. The van der Waals surface area contributed by atoms with Crippen molar-refractivity contribution in [3.63, 3.8) is 0 Å². The normalized spacial score (nSPS) is 13.4. The van der Waals surface area contributed by atoms with Crippen LogP contribution in [-0.4, -0.2) is 34.6 Å². The van der Waals surface area contributed by atoms with E-state index in [1.54, 1.807) is 25.3 Å². The van der Waals surface area contributed by atoms with Crippen LogP contribution in [0.4, 0.5) is 0 Å². The SMILES string of the molecule is CCC(C)C(NC(=O)COc1cccnc1)C(=O)O. The van der Waals surface area contributed by atoms with Gasteiger partial charge in [-0.15, -0.1) is 0 Å². The fourth-order valence-corrected chi connectivity index (χ4v) is 1.48. The van der Waals surface area contributed by atoms with Gasteiger partial charge in [0, 0.05) is 6.20 Å². The van der Waals surface area contributed by atoms with Gasteiger partial charge >= 0.3 is 5.97 Å². The lowest BCUT2D eigenvalue weighted by Crippen LogP contribution is -2.46. The number of aromatic nitrogens is 1. The second kappa shape index (κ2) is 7.35. The van der Waals surface area contributed by atoms with Crippen LogP contribution in [-0.2, 0) is 9.59 Å². The van der Waals surface area contributed by atoms with Crippen LogP contribution < -0.4 is 10.1 Å². The molecule has 0 aliphatic heterocycles. The second-order valence-electron chi connectivity index (χ2n) is 4.25. The summed E-state index contributed by atoms with van der Waals surface area (Å²) in [5.74, 6) is -1.17. The molecule has 2 N–H and O–H groups in total. The molecule has 1 amide bonds. The van der Waals surface area contributed by atoms with Crippen molar-refractivity contribution in [1.29, 1.82) is 0 Å². The molecule has 0 bridgehead atoms. The lowest BCUT2D eigenvalue weighted by molar-refractivity contribution is -0.143. The zero-order valence-corrected chi connectivity index (χ0v) is 11.0. The Labute approximate surface area is 111 Å². The number of amides is 1. The molecule has 0 aromatic carbocycles. The summed E-state index contributed by atoms with van der Waals surface area (Å²) >= 11 is 0. The van der Waals surface area contributed by atoms with Crippen molar-refractivity contribution in [1.82, 2.24) is 10.3 Å². The number of carbonyl (C=O) groups excluding carboxylic acids is 1. The summed E-state index contributed by atoms with van der Waals surface area (Å²) in [5, 5.41) is 11.5. The molecule has 0 radical (unpaired) electrons. The molecule has 2 atom stereocenters. The number of carboxylic acids is 1. The van der Waals surface area contributed by atoms with Crippen LogP contribution in [0.5, 0.6) is 5.75 Å². The fourth-order valence-electron chi connectivity index (χ4n) is 1.48. The number of pyridine rings is 1. The number of nitrogens with one attached hydrogen (secondary N) is 1. The molecule has 1 aromatic heterocycles. The molecule has 0 saturated heterocycles. The van der Waals surface area contributed by atoms with Gasteiger partial charge in [0.15, 0.2) is 6.61 Å². The van der Waals surface area contributed by atoms with E-state index >= 15 is 0 Å². The Morgan fingerprint density at radius 1 is 1.53 bits per heavy atom.